The number of aromatic nitrogens is 2. The number of hydrogen-bond acceptors (Lipinski definition) is 2. The lowest BCUT2D eigenvalue weighted by atomic mass is 10.1. The zero-order valence-electron chi connectivity index (χ0n) is 13.1. The van der Waals surface area contributed by atoms with Crippen LogP contribution in [0.2, 0.25) is 0 Å². The maximum absolute atomic E-state index is 12.9. The Morgan fingerprint density at radius 1 is 1.08 bits per heavy atom. The Morgan fingerprint density at radius 2 is 1.79 bits per heavy atom. The average Bonchev–Trinajstić information content (AvgIpc) is 2.90. The molecule has 1 heterocycles. The molecule has 0 aliphatic rings. The van der Waals surface area contributed by atoms with E-state index in [0.717, 1.165) is 23.3 Å². The van der Waals surface area contributed by atoms with Gasteiger partial charge in [0.15, 0.2) is 0 Å². The van der Waals surface area contributed by atoms with Crippen LogP contribution in [0, 0.1) is 6.92 Å². The number of hydrogen-bond donors (Lipinski definition) is 1. The predicted octanol–water partition coefficient (Wildman–Crippen LogP) is 4.41. The van der Waals surface area contributed by atoms with E-state index in [1.807, 2.05) is 35.8 Å². The van der Waals surface area contributed by atoms with Crippen LogP contribution in [0.15, 0.2) is 42.5 Å². The Kier molecular flexibility index (Phi) is 4.32. The summed E-state index contributed by atoms with van der Waals surface area (Å²) in [4.78, 5) is 4.42. The Balaban J connectivity index is 2.17. The minimum atomic E-state index is -4.40. The van der Waals surface area contributed by atoms with Crippen molar-refractivity contribution in [2.24, 2.45) is 0 Å². The van der Waals surface area contributed by atoms with Crippen LogP contribution < -0.4 is 0 Å². The Hall–Kier alpha value is -2.34. The topological polar surface area (TPSA) is 38.0 Å². The van der Waals surface area contributed by atoms with Crippen molar-refractivity contribution in [2.75, 3.05) is 6.61 Å². The summed E-state index contributed by atoms with van der Waals surface area (Å²) in [5.74, 6) is 0.609. The fourth-order valence-corrected chi connectivity index (χ4v) is 2.68. The molecule has 0 spiro atoms. The van der Waals surface area contributed by atoms with E-state index in [0.29, 0.717) is 29.8 Å². The highest BCUT2D eigenvalue weighted by molar-refractivity contribution is 5.81. The second-order valence-electron chi connectivity index (χ2n) is 5.73. The summed E-state index contributed by atoms with van der Waals surface area (Å²) in [6.45, 7) is 2.46. The Labute approximate surface area is 137 Å². The molecule has 0 atom stereocenters. The number of fused-ring (bicyclic) bond motifs is 1. The number of aryl methyl sites for hydroxylation is 2. The molecule has 0 aliphatic carbocycles. The largest absolute Gasteiger partial charge is 0.416 e. The van der Waals surface area contributed by atoms with Gasteiger partial charge in [0.25, 0.3) is 0 Å². The highest BCUT2D eigenvalue weighted by Crippen LogP contribution is 2.33. The van der Waals surface area contributed by atoms with E-state index in [4.69, 9.17) is 5.11 Å². The van der Waals surface area contributed by atoms with Gasteiger partial charge in [-0.05, 0) is 31.5 Å². The van der Waals surface area contributed by atoms with Gasteiger partial charge in [-0.3, -0.25) is 0 Å². The molecule has 1 N–H and O–H groups in total. The van der Waals surface area contributed by atoms with Crippen molar-refractivity contribution in [1.82, 2.24) is 9.55 Å². The molecule has 0 amide bonds. The molecule has 0 saturated heterocycles. The van der Waals surface area contributed by atoms with Crippen molar-refractivity contribution < 1.29 is 18.3 Å². The monoisotopic (exact) mass is 334 g/mol. The maximum atomic E-state index is 12.9. The van der Waals surface area contributed by atoms with Crippen molar-refractivity contribution in [1.29, 1.82) is 0 Å². The summed E-state index contributed by atoms with van der Waals surface area (Å²) in [7, 11) is 0. The summed E-state index contributed by atoms with van der Waals surface area (Å²) in [5.41, 5.74) is 2.15. The number of imidazole rings is 1. The van der Waals surface area contributed by atoms with E-state index in [1.165, 1.54) is 6.07 Å². The minimum Gasteiger partial charge on any atom is -0.396 e. The van der Waals surface area contributed by atoms with Crippen LogP contribution in [-0.2, 0) is 12.7 Å². The van der Waals surface area contributed by atoms with Crippen LogP contribution >= 0.6 is 0 Å². The van der Waals surface area contributed by atoms with E-state index in [1.54, 1.807) is 0 Å². The van der Waals surface area contributed by atoms with E-state index in [9.17, 15) is 13.2 Å². The van der Waals surface area contributed by atoms with Crippen LogP contribution in [0.4, 0.5) is 13.2 Å². The first kappa shape index (κ1) is 16.5. The number of aliphatic hydroxyl groups is 1. The van der Waals surface area contributed by atoms with Gasteiger partial charge in [0, 0.05) is 18.7 Å². The number of halogens is 3. The molecule has 0 unspecified atom stereocenters. The highest BCUT2D eigenvalue weighted by atomic mass is 19.4. The van der Waals surface area contributed by atoms with Gasteiger partial charge in [0.2, 0.25) is 0 Å². The molecule has 3 aromatic rings. The first-order valence-electron chi connectivity index (χ1n) is 7.65. The van der Waals surface area contributed by atoms with Crippen molar-refractivity contribution in [3.63, 3.8) is 0 Å². The fraction of sp³-hybridized carbons (Fsp3) is 0.278. The first-order valence-corrected chi connectivity index (χ1v) is 7.65. The molecular formula is C18H17F3N2O. The summed E-state index contributed by atoms with van der Waals surface area (Å²) < 4.78 is 40.6. The zero-order valence-corrected chi connectivity index (χ0v) is 13.1. The average molecular weight is 334 g/mol. The third-order valence-corrected chi connectivity index (χ3v) is 3.93. The Bertz CT molecular complexity index is 851. The van der Waals surface area contributed by atoms with Gasteiger partial charge in [-0.1, -0.05) is 29.8 Å². The second-order valence-corrected chi connectivity index (χ2v) is 5.73. The van der Waals surface area contributed by atoms with Gasteiger partial charge in [0.05, 0.1) is 16.6 Å². The predicted molar refractivity (Wildman–Crippen MR) is 86.6 cm³/mol. The van der Waals surface area contributed by atoms with Crippen LogP contribution in [0.25, 0.3) is 22.4 Å². The van der Waals surface area contributed by atoms with E-state index in [-0.39, 0.29) is 6.61 Å². The van der Waals surface area contributed by atoms with Gasteiger partial charge >= 0.3 is 6.18 Å². The van der Waals surface area contributed by atoms with E-state index < -0.39 is 11.7 Å². The van der Waals surface area contributed by atoms with Crippen LogP contribution in [0.3, 0.4) is 0 Å². The molecular weight excluding hydrogens is 317 g/mol. The summed E-state index contributed by atoms with van der Waals surface area (Å²) in [6, 6.07) is 11.3. The maximum Gasteiger partial charge on any atom is 0.416 e. The normalized spacial score (nSPS) is 12.0. The smallest absolute Gasteiger partial charge is 0.396 e. The van der Waals surface area contributed by atoms with Crippen LogP contribution in [0.1, 0.15) is 17.5 Å². The SMILES string of the molecule is Cc1ccc(-c2nc3cc(C(F)(F)F)ccc3n2CCCO)cc1. The minimum absolute atomic E-state index is 0.00759. The molecule has 0 fully saturated rings. The number of nitrogens with zero attached hydrogens (tertiary/aromatic N) is 2. The molecule has 0 saturated carbocycles. The molecule has 126 valence electrons. The molecule has 0 aliphatic heterocycles. The Morgan fingerprint density at radius 3 is 2.42 bits per heavy atom. The second kappa shape index (κ2) is 6.28. The first-order chi connectivity index (χ1) is 11.4. The van der Waals surface area contributed by atoms with E-state index in [2.05, 4.69) is 4.98 Å². The third kappa shape index (κ3) is 3.14. The van der Waals surface area contributed by atoms with Crippen molar-refractivity contribution >= 4 is 11.0 Å². The van der Waals surface area contributed by atoms with Gasteiger partial charge < -0.3 is 9.67 Å². The quantitative estimate of drug-likeness (QED) is 0.767. The van der Waals surface area contributed by atoms with Gasteiger partial charge in [-0.2, -0.15) is 13.2 Å². The van der Waals surface area contributed by atoms with E-state index >= 15 is 0 Å². The zero-order chi connectivity index (χ0) is 17.3. The lowest BCUT2D eigenvalue weighted by molar-refractivity contribution is -0.137. The molecule has 0 radical (unpaired) electrons. The summed E-state index contributed by atoms with van der Waals surface area (Å²) in [5, 5.41) is 9.10. The number of alkyl halides is 3. The standard InChI is InChI=1S/C18H17F3N2O/c1-12-3-5-13(6-4-12)17-22-15-11-14(18(19,20)21)7-8-16(15)23(17)9-2-10-24/h3-8,11,24H,2,9-10H2,1H3. The summed E-state index contributed by atoms with van der Waals surface area (Å²) >= 11 is 0. The molecule has 3 nitrogen and oxygen atoms in total. The number of aliphatic hydroxyl groups excluding tert-OH is 1. The van der Waals surface area contributed by atoms with Crippen LogP contribution in [0.5, 0.6) is 0 Å². The third-order valence-electron chi connectivity index (χ3n) is 3.93. The summed E-state index contributed by atoms with van der Waals surface area (Å²) in [6.07, 6.45) is -3.89. The molecule has 0 bridgehead atoms. The van der Waals surface area contributed by atoms with Crippen molar-refractivity contribution in [3.8, 4) is 11.4 Å². The molecule has 24 heavy (non-hydrogen) atoms. The van der Waals surface area contributed by atoms with Gasteiger partial charge in [0.1, 0.15) is 5.82 Å². The lowest BCUT2D eigenvalue weighted by Gasteiger charge is -2.09. The highest BCUT2D eigenvalue weighted by Gasteiger charge is 2.31. The van der Waals surface area contributed by atoms with Gasteiger partial charge in [-0.25, -0.2) is 4.98 Å². The van der Waals surface area contributed by atoms with Crippen molar-refractivity contribution in [3.05, 3.63) is 53.6 Å². The lowest BCUT2D eigenvalue weighted by Crippen LogP contribution is -2.05. The van der Waals surface area contributed by atoms with Gasteiger partial charge in [-0.15, -0.1) is 0 Å². The molecule has 6 heteroatoms. The fourth-order valence-electron chi connectivity index (χ4n) is 2.68. The number of benzene rings is 2. The molecule has 3 rings (SSSR count). The number of rotatable bonds is 4. The molecule has 1 aromatic heterocycles. The van der Waals surface area contributed by atoms with Crippen molar-refractivity contribution in [2.45, 2.75) is 26.1 Å². The molecule has 2 aromatic carbocycles. The van der Waals surface area contributed by atoms with Crippen LogP contribution in [-0.4, -0.2) is 21.3 Å².